The largest absolute Gasteiger partial charge is 0.488 e. The number of rotatable bonds is 10. The molecule has 2 heterocycles. The van der Waals surface area contributed by atoms with E-state index in [1.165, 1.54) is 38.9 Å². The molecule has 0 spiro atoms. The summed E-state index contributed by atoms with van der Waals surface area (Å²) < 4.78 is 0. The van der Waals surface area contributed by atoms with E-state index in [2.05, 4.69) is 184 Å². The molecule has 376 valence electrons. The number of halogens is 3. The Morgan fingerprint density at radius 3 is 0.795 bits per heavy atom. The number of aromatic nitrogens is 4. The molecule has 0 saturated carbocycles. The summed E-state index contributed by atoms with van der Waals surface area (Å²) in [6, 6.07) is 94.0. The fraction of sp³-hybridized carbons (Fsp3) is 0. The van der Waals surface area contributed by atoms with Gasteiger partial charge in [-0.1, -0.05) is 266 Å². The van der Waals surface area contributed by atoms with Crippen molar-refractivity contribution in [1.82, 2.24) is 19.9 Å². The van der Waals surface area contributed by atoms with Crippen molar-refractivity contribution in [3.05, 3.63) is 295 Å². The van der Waals surface area contributed by atoms with E-state index in [1.807, 2.05) is 97.1 Å². The van der Waals surface area contributed by atoms with Gasteiger partial charge in [-0.25, -0.2) is 19.9 Å². The van der Waals surface area contributed by atoms with E-state index in [0.717, 1.165) is 61.6 Å². The van der Waals surface area contributed by atoms with Gasteiger partial charge in [-0.3, -0.25) is 0 Å². The maximum Gasteiger partial charge on any atom is 0.488 e. The normalized spacial score (nSPS) is 10.6. The first-order chi connectivity index (χ1) is 38.2. The quantitative estimate of drug-likeness (QED) is 0.0805. The van der Waals surface area contributed by atoms with Crippen LogP contribution >= 0.6 is 34.8 Å². The Hall–Kier alpha value is -8.79. The zero-order valence-corrected chi connectivity index (χ0v) is 44.2. The lowest BCUT2D eigenvalue weighted by molar-refractivity contribution is 0.426. The van der Waals surface area contributed by atoms with Crippen LogP contribution in [0, 0.1) is 0 Å². The lowest BCUT2D eigenvalue weighted by Gasteiger charge is -2.09. The van der Waals surface area contributed by atoms with Crippen LogP contribution in [0.15, 0.2) is 279 Å². The molecule has 0 bridgehead atoms. The van der Waals surface area contributed by atoms with E-state index >= 15 is 0 Å². The van der Waals surface area contributed by atoms with E-state index in [1.54, 1.807) is 18.2 Å². The van der Waals surface area contributed by atoms with Crippen LogP contribution < -0.4 is 5.46 Å². The second-order valence-corrected chi connectivity index (χ2v) is 19.2. The minimum Gasteiger partial charge on any atom is -0.423 e. The van der Waals surface area contributed by atoms with Crippen molar-refractivity contribution < 1.29 is 10.0 Å². The van der Waals surface area contributed by atoms with E-state index in [9.17, 15) is 0 Å². The Labute approximate surface area is 469 Å². The van der Waals surface area contributed by atoms with Crippen molar-refractivity contribution >= 4 is 47.4 Å². The third kappa shape index (κ3) is 13.6. The molecule has 78 heavy (non-hydrogen) atoms. The lowest BCUT2D eigenvalue weighted by Crippen LogP contribution is -2.29. The molecule has 0 fully saturated rings. The van der Waals surface area contributed by atoms with Crippen LogP contribution in [0.25, 0.3) is 101 Å². The third-order valence-corrected chi connectivity index (χ3v) is 13.5. The molecule has 10 heteroatoms. The van der Waals surface area contributed by atoms with Crippen molar-refractivity contribution in [2.24, 2.45) is 0 Å². The molecule has 0 aliphatic heterocycles. The smallest absolute Gasteiger partial charge is 0.423 e. The van der Waals surface area contributed by atoms with Crippen molar-refractivity contribution in [2.45, 2.75) is 0 Å². The van der Waals surface area contributed by atoms with Gasteiger partial charge in [0.25, 0.3) is 0 Å². The van der Waals surface area contributed by atoms with Gasteiger partial charge >= 0.3 is 7.12 Å². The van der Waals surface area contributed by atoms with Crippen molar-refractivity contribution in [2.75, 3.05) is 0 Å². The van der Waals surface area contributed by atoms with Gasteiger partial charge in [-0.2, -0.15) is 0 Å². The maximum absolute atomic E-state index is 9.13. The van der Waals surface area contributed by atoms with Crippen LogP contribution in [-0.2, 0) is 0 Å². The molecular weight excluding hydrogens is 1020 g/mol. The molecule has 0 amide bonds. The van der Waals surface area contributed by atoms with Crippen LogP contribution in [0.2, 0.25) is 15.7 Å². The molecule has 0 atom stereocenters. The van der Waals surface area contributed by atoms with Gasteiger partial charge in [0.1, 0.15) is 5.15 Å². The highest BCUT2D eigenvalue weighted by molar-refractivity contribution is 6.58. The van der Waals surface area contributed by atoms with Crippen LogP contribution in [0.4, 0.5) is 0 Å². The first-order valence-electron chi connectivity index (χ1n) is 25.1. The summed E-state index contributed by atoms with van der Waals surface area (Å²) in [7, 11) is -1.42. The van der Waals surface area contributed by atoms with Crippen LogP contribution in [0.1, 0.15) is 0 Å². The van der Waals surface area contributed by atoms with E-state index in [0.29, 0.717) is 10.6 Å². The summed E-state index contributed by atoms with van der Waals surface area (Å²) in [5.41, 5.74) is 19.7. The zero-order valence-electron chi connectivity index (χ0n) is 42.0. The van der Waals surface area contributed by atoms with Crippen LogP contribution in [0.5, 0.6) is 0 Å². The topological polar surface area (TPSA) is 92.0 Å². The highest BCUT2D eigenvalue weighted by Gasteiger charge is 2.12. The Morgan fingerprint density at radius 2 is 0.474 bits per heavy atom. The molecule has 2 N–H and O–H groups in total. The van der Waals surface area contributed by atoms with E-state index in [4.69, 9.17) is 44.9 Å². The van der Waals surface area contributed by atoms with Crippen molar-refractivity contribution in [3.63, 3.8) is 0 Å². The highest BCUT2D eigenvalue weighted by Crippen LogP contribution is 2.32. The number of nitrogens with zero attached hydrogens (tertiary/aromatic N) is 4. The second kappa shape index (κ2) is 25.4. The molecule has 12 rings (SSSR count). The molecule has 10 aromatic carbocycles. The summed E-state index contributed by atoms with van der Waals surface area (Å²) in [6.45, 7) is 0. The lowest BCUT2D eigenvalue weighted by atomic mass is 9.80. The number of hydrogen-bond acceptors (Lipinski definition) is 6. The van der Waals surface area contributed by atoms with E-state index in [-0.39, 0.29) is 10.6 Å². The highest BCUT2D eigenvalue weighted by atomic mass is 35.5. The van der Waals surface area contributed by atoms with Crippen molar-refractivity contribution in [1.29, 1.82) is 0 Å². The Balaban J connectivity index is 0.000000143. The van der Waals surface area contributed by atoms with Gasteiger partial charge in [0.05, 0.1) is 17.1 Å². The van der Waals surface area contributed by atoms with Gasteiger partial charge < -0.3 is 10.0 Å². The Morgan fingerprint density at radius 1 is 0.231 bits per heavy atom. The molecule has 0 saturated heterocycles. The first-order valence-corrected chi connectivity index (χ1v) is 26.3. The Kier molecular flexibility index (Phi) is 17.1. The molecule has 12 aromatic rings. The minimum atomic E-state index is -1.42. The van der Waals surface area contributed by atoms with Crippen molar-refractivity contribution in [3.8, 4) is 101 Å². The minimum absolute atomic E-state index is 0.152. The average molecular weight is 1070 g/mol. The van der Waals surface area contributed by atoms with Crippen LogP contribution in [0.3, 0.4) is 0 Å². The van der Waals surface area contributed by atoms with Gasteiger partial charge in [0.15, 0.2) is 0 Å². The summed E-state index contributed by atoms with van der Waals surface area (Å²) >= 11 is 18.1. The zero-order chi connectivity index (χ0) is 53.6. The van der Waals surface area contributed by atoms with Gasteiger partial charge in [-0.05, 0) is 114 Å². The van der Waals surface area contributed by atoms with Gasteiger partial charge in [0, 0.05) is 22.8 Å². The molecule has 0 radical (unpaired) electrons. The van der Waals surface area contributed by atoms with E-state index < -0.39 is 7.12 Å². The van der Waals surface area contributed by atoms with Gasteiger partial charge in [-0.15, -0.1) is 0 Å². The number of benzene rings is 10. The Bertz CT molecular complexity index is 3860. The predicted octanol–water partition coefficient (Wildman–Crippen LogP) is 17.3. The summed E-state index contributed by atoms with van der Waals surface area (Å²) in [5.74, 6) is 0. The summed E-state index contributed by atoms with van der Waals surface area (Å²) in [4.78, 5) is 17.0. The predicted molar refractivity (Wildman–Crippen MR) is 324 cm³/mol. The van der Waals surface area contributed by atoms with Gasteiger partial charge in [0.2, 0.25) is 10.6 Å². The molecule has 6 nitrogen and oxygen atoms in total. The SMILES string of the molecule is Clc1cc(-c2ccc(-c3ccccc3)cc2)nc(Cl)n1.Clc1nc(-c2ccc(-c3ccccc3)cc2)cc(-c2ccc(-c3cccc(-c4ccccc4)c3)cc2)n1.OB(O)c1ccc(-c2cccc(-c3ccccc3)c2)cc1. The molecule has 2 aromatic heterocycles. The van der Waals surface area contributed by atoms with Crippen LogP contribution in [-0.4, -0.2) is 37.1 Å². The standard InChI is InChI=1S/C34H23ClN2.C18H15BO2.C16H10Cl2N2/c35-34-36-32(28-18-14-26(15-19-28)24-8-3-1-4-9-24)23-33(37-34)29-20-16-27(17-21-29)31-13-7-12-30(22-31)25-10-5-2-6-11-25;20-19(21)18-11-9-15(10-12-18)17-8-4-7-16(13-17)14-5-2-1-3-6-14;17-15-10-14(19-16(18)20-15)13-8-6-12(7-9-13)11-4-2-1-3-5-11/h1-23H;1-13,20-21H;1-10H. The molecule has 0 unspecified atom stereocenters. The molecular formula is C68H48BCl3N4O2. The fourth-order valence-electron chi connectivity index (χ4n) is 8.88. The second-order valence-electron chi connectivity index (χ2n) is 18.1. The monoisotopic (exact) mass is 1070 g/mol. The number of hydrogen-bond donors (Lipinski definition) is 2. The average Bonchev–Trinajstić information content (AvgIpc) is 3.51. The fourth-order valence-corrected chi connectivity index (χ4v) is 9.47. The summed E-state index contributed by atoms with van der Waals surface area (Å²) in [6.07, 6.45) is 0. The summed E-state index contributed by atoms with van der Waals surface area (Å²) in [5, 5.41) is 19.0. The molecule has 0 aliphatic carbocycles. The third-order valence-electron chi connectivity index (χ3n) is 12.9. The first kappa shape index (κ1) is 52.6. The maximum atomic E-state index is 9.13. The molecule has 0 aliphatic rings.